The van der Waals surface area contributed by atoms with Gasteiger partial charge in [0.1, 0.15) is 5.54 Å². The first-order valence-corrected chi connectivity index (χ1v) is 9.48. The molecule has 1 amide bonds. The molecule has 0 bridgehead atoms. The Hall–Kier alpha value is -1.47. The van der Waals surface area contributed by atoms with Crippen molar-refractivity contribution in [2.75, 3.05) is 5.75 Å². The third kappa shape index (κ3) is 5.28. The fourth-order valence-electron chi connectivity index (χ4n) is 3.00. The molecule has 1 aliphatic rings. The van der Waals surface area contributed by atoms with E-state index in [-0.39, 0.29) is 5.91 Å². The summed E-state index contributed by atoms with van der Waals surface area (Å²) in [6, 6.07) is 10.7. The lowest BCUT2D eigenvalue weighted by Gasteiger charge is -2.26. The molecule has 0 spiro atoms. The number of amides is 1. The van der Waals surface area contributed by atoms with Crippen LogP contribution in [0.5, 0.6) is 0 Å². The minimum absolute atomic E-state index is 0.0358. The van der Waals surface area contributed by atoms with Gasteiger partial charge in [-0.2, -0.15) is 5.26 Å². The first kappa shape index (κ1) is 17.9. The molecular formula is C19H26N2OS. The van der Waals surface area contributed by atoms with Crippen molar-refractivity contribution in [3.05, 3.63) is 29.8 Å². The highest BCUT2D eigenvalue weighted by Gasteiger charge is 2.32. The van der Waals surface area contributed by atoms with E-state index in [9.17, 15) is 10.1 Å². The number of carbonyl (C=O) groups excluding carboxylic acids is 1. The number of nitrogens with one attached hydrogen (secondary N) is 1. The van der Waals surface area contributed by atoms with Crippen molar-refractivity contribution in [3.8, 4) is 6.07 Å². The summed E-state index contributed by atoms with van der Waals surface area (Å²) in [6.45, 7) is 4.34. The van der Waals surface area contributed by atoms with Crippen LogP contribution in [0.2, 0.25) is 0 Å². The fraction of sp³-hybridized carbons (Fsp3) is 0.579. The molecule has 0 radical (unpaired) electrons. The maximum Gasteiger partial charge on any atom is 0.231 e. The number of carbonyl (C=O) groups is 1. The van der Waals surface area contributed by atoms with Crippen LogP contribution in [0.15, 0.2) is 29.2 Å². The minimum atomic E-state index is -0.643. The average Bonchev–Trinajstić information content (AvgIpc) is 2.79. The van der Waals surface area contributed by atoms with Gasteiger partial charge < -0.3 is 5.32 Å². The zero-order chi connectivity index (χ0) is 16.7. The van der Waals surface area contributed by atoms with E-state index >= 15 is 0 Å². The Kier molecular flexibility index (Phi) is 6.53. The van der Waals surface area contributed by atoms with E-state index in [1.807, 2.05) is 0 Å². The Morgan fingerprint density at radius 1 is 1.22 bits per heavy atom. The second-order valence-corrected chi connectivity index (χ2v) is 7.72. The molecule has 3 nitrogen and oxygen atoms in total. The van der Waals surface area contributed by atoms with Gasteiger partial charge in [0.25, 0.3) is 0 Å². The molecule has 2 rings (SSSR count). The summed E-state index contributed by atoms with van der Waals surface area (Å²) in [5.74, 6) is 0.847. The smallest absolute Gasteiger partial charge is 0.231 e. The standard InChI is InChI=1S/C19H26N2OS/c1-15(2)16-7-9-17(10-8-16)23-13-18(22)21-19(14-20)11-5-3-4-6-12-19/h7-10,15H,3-6,11-13H2,1-2H3,(H,21,22). The van der Waals surface area contributed by atoms with Crippen LogP contribution in [0, 0.1) is 11.3 Å². The monoisotopic (exact) mass is 330 g/mol. The van der Waals surface area contributed by atoms with Crippen LogP contribution in [0.3, 0.4) is 0 Å². The fourth-order valence-corrected chi connectivity index (χ4v) is 3.70. The van der Waals surface area contributed by atoms with Gasteiger partial charge in [0, 0.05) is 4.90 Å². The molecule has 1 aromatic carbocycles. The Morgan fingerprint density at radius 3 is 2.35 bits per heavy atom. The van der Waals surface area contributed by atoms with Gasteiger partial charge in [0.2, 0.25) is 5.91 Å². The molecule has 1 fully saturated rings. The molecular weight excluding hydrogens is 304 g/mol. The van der Waals surface area contributed by atoms with Crippen LogP contribution in [0.4, 0.5) is 0 Å². The van der Waals surface area contributed by atoms with Crippen LogP contribution in [-0.4, -0.2) is 17.2 Å². The van der Waals surface area contributed by atoms with Crippen LogP contribution in [-0.2, 0) is 4.79 Å². The molecule has 4 heteroatoms. The van der Waals surface area contributed by atoms with E-state index in [2.05, 4.69) is 49.5 Å². The molecule has 0 saturated heterocycles. The number of nitrogens with zero attached hydrogens (tertiary/aromatic N) is 1. The molecule has 0 unspecified atom stereocenters. The zero-order valence-corrected chi connectivity index (χ0v) is 14.9. The summed E-state index contributed by atoms with van der Waals surface area (Å²) >= 11 is 1.53. The topological polar surface area (TPSA) is 52.9 Å². The molecule has 0 aromatic heterocycles. The van der Waals surface area contributed by atoms with E-state index in [0.717, 1.165) is 43.4 Å². The molecule has 0 aliphatic heterocycles. The van der Waals surface area contributed by atoms with Crippen LogP contribution >= 0.6 is 11.8 Å². The Balaban J connectivity index is 1.87. The van der Waals surface area contributed by atoms with Gasteiger partial charge in [-0.15, -0.1) is 11.8 Å². The number of nitriles is 1. The second kappa shape index (κ2) is 8.40. The van der Waals surface area contributed by atoms with Crippen LogP contribution in [0.25, 0.3) is 0 Å². The Bertz CT molecular complexity index is 552. The lowest BCUT2D eigenvalue weighted by atomic mass is 9.92. The summed E-state index contributed by atoms with van der Waals surface area (Å²) < 4.78 is 0. The van der Waals surface area contributed by atoms with E-state index in [0.29, 0.717) is 11.7 Å². The predicted octanol–water partition coefficient (Wildman–Crippen LogP) is 4.63. The van der Waals surface area contributed by atoms with Crippen molar-refractivity contribution in [3.63, 3.8) is 0 Å². The largest absolute Gasteiger partial charge is 0.337 e. The van der Waals surface area contributed by atoms with E-state index in [1.54, 1.807) is 0 Å². The number of rotatable bonds is 5. The highest BCUT2D eigenvalue weighted by molar-refractivity contribution is 8.00. The van der Waals surface area contributed by atoms with Gasteiger partial charge in [-0.1, -0.05) is 51.7 Å². The van der Waals surface area contributed by atoms with Gasteiger partial charge in [-0.25, -0.2) is 0 Å². The number of hydrogen-bond donors (Lipinski definition) is 1. The molecule has 1 N–H and O–H groups in total. The Morgan fingerprint density at radius 2 is 1.83 bits per heavy atom. The third-order valence-electron chi connectivity index (χ3n) is 4.47. The summed E-state index contributed by atoms with van der Waals surface area (Å²) in [6.07, 6.45) is 5.94. The first-order valence-electron chi connectivity index (χ1n) is 8.50. The summed E-state index contributed by atoms with van der Waals surface area (Å²) in [5, 5.41) is 12.5. The normalized spacial score (nSPS) is 17.3. The highest BCUT2D eigenvalue weighted by Crippen LogP contribution is 2.27. The van der Waals surface area contributed by atoms with Crippen molar-refractivity contribution in [2.45, 2.75) is 68.7 Å². The summed E-state index contributed by atoms with van der Waals surface area (Å²) in [4.78, 5) is 13.3. The van der Waals surface area contributed by atoms with Gasteiger partial charge in [-0.3, -0.25) is 4.79 Å². The van der Waals surface area contributed by atoms with Crippen molar-refractivity contribution in [1.29, 1.82) is 5.26 Å². The quantitative estimate of drug-likeness (QED) is 0.632. The zero-order valence-electron chi connectivity index (χ0n) is 14.1. The molecule has 1 aliphatic carbocycles. The summed E-state index contributed by atoms with van der Waals surface area (Å²) in [5.41, 5.74) is 0.663. The van der Waals surface area contributed by atoms with Crippen LogP contribution < -0.4 is 5.32 Å². The van der Waals surface area contributed by atoms with E-state index in [4.69, 9.17) is 0 Å². The molecule has 1 saturated carbocycles. The van der Waals surface area contributed by atoms with E-state index in [1.165, 1.54) is 17.3 Å². The maximum atomic E-state index is 12.3. The lowest BCUT2D eigenvalue weighted by Crippen LogP contribution is -2.47. The predicted molar refractivity (Wildman–Crippen MR) is 95.4 cm³/mol. The SMILES string of the molecule is CC(C)c1ccc(SCC(=O)NC2(C#N)CCCCCC2)cc1. The van der Waals surface area contributed by atoms with Gasteiger partial charge in [0.15, 0.2) is 0 Å². The molecule has 0 heterocycles. The second-order valence-electron chi connectivity index (χ2n) is 6.67. The highest BCUT2D eigenvalue weighted by atomic mass is 32.2. The van der Waals surface area contributed by atoms with Crippen molar-refractivity contribution >= 4 is 17.7 Å². The van der Waals surface area contributed by atoms with Crippen molar-refractivity contribution in [1.82, 2.24) is 5.32 Å². The minimum Gasteiger partial charge on any atom is -0.337 e. The third-order valence-corrected chi connectivity index (χ3v) is 5.48. The van der Waals surface area contributed by atoms with Crippen molar-refractivity contribution in [2.24, 2.45) is 0 Å². The van der Waals surface area contributed by atoms with E-state index < -0.39 is 5.54 Å². The van der Waals surface area contributed by atoms with Gasteiger partial charge >= 0.3 is 0 Å². The van der Waals surface area contributed by atoms with Crippen LogP contribution in [0.1, 0.15) is 63.9 Å². The molecule has 124 valence electrons. The molecule has 23 heavy (non-hydrogen) atoms. The first-order chi connectivity index (χ1) is 11.0. The average molecular weight is 330 g/mol. The lowest BCUT2D eigenvalue weighted by molar-refractivity contribution is -0.120. The number of benzene rings is 1. The maximum absolute atomic E-state index is 12.3. The number of thioether (sulfide) groups is 1. The van der Waals surface area contributed by atoms with Gasteiger partial charge in [-0.05, 0) is 36.5 Å². The summed E-state index contributed by atoms with van der Waals surface area (Å²) in [7, 11) is 0. The molecule has 0 atom stereocenters. The Labute approximate surface area is 143 Å². The number of hydrogen-bond acceptors (Lipinski definition) is 3. The molecule has 1 aromatic rings. The van der Waals surface area contributed by atoms with Gasteiger partial charge in [0.05, 0.1) is 11.8 Å². The van der Waals surface area contributed by atoms with Crippen molar-refractivity contribution < 1.29 is 4.79 Å².